The lowest BCUT2D eigenvalue weighted by atomic mass is 10.0. The minimum Gasteiger partial charge on any atom is -0.423 e. The summed E-state index contributed by atoms with van der Waals surface area (Å²) in [7, 11) is -4.46. The molecular weight excluding hydrogens is 585 g/mol. The number of carbonyl (C=O) groups is 1. The Morgan fingerprint density at radius 3 is 2.42 bits per heavy atom. The van der Waals surface area contributed by atoms with Crippen molar-refractivity contribution in [3.8, 4) is 22.9 Å². The second kappa shape index (κ2) is 11.0. The third-order valence-corrected chi connectivity index (χ3v) is 7.61. The summed E-state index contributed by atoms with van der Waals surface area (Å²) in [6, 6.07) is 10.6. The molecule has 0 aliphatic heterocycles. The summed E-state index contributed by atoms with van der Waals surface area (Å²) in [6.45, 7) is 0. The molecule has 0 unspecified atom stereocenters. The van der Waals surface area contributed by atoms with E-state index in [4.69, 9.17) is 4.74 Å². The molecule has 4 aromatic heterocycles. The molecule has 2 N–H and O–H groups in total. The molecule has 0 spiro atoms. The molecule has 0 fully saturated rings. The molecule has 6 rings (SSSR count). The molecule has 6 aromatic rings. The van der Waals surface area contributed by atoms with Gasteiger partial charge in [0, 0.05) is 53.1 Å². The monoisotopic (exact) mass is 602 g/mol. The number of H-pyrrole nitrogens is 1. The maximum absolute atomic E-state index is 15.5. The van der Waals surface area contributed by atoms with E-state index in [0.717, 1.165) is 36.4 Å². The molecule has 214 valence electrons. The number of nitrogens with one attached hydrogen (secondary N) is 2. The zero-order chi connectivity index (χ0) is 30.1. The Morgan fingerprint density at radius 1 is 0.884 bits per heavy atom. The summed E-state index contributed by atoms with van der Waals surface area (Å²) in [6.07, 6.45) is 8.78. The van der Waals surface area contributed by atoms with E-state index in [1.165, 1.54) is 31.0 Å². The Kier molecular flexibility index (Phi) is 7.03. The first kappa shape index (κ1) is 27.5. The number of nitrogens with zero attached hydrogens (tertiary/aromatic N) is 4. The lowest BCUT2D eigenvalue weighted by Gasteiger charge is -2.12. The van der Waals surface area contributed by atoms with Crippen LogP contribution in [0.1, 0.15) is 15.9 Å². The van der Waals surface area contributed by atoms with Gasteiger partial charge in [-0.25, -0.2) is 36.5 Å². The van der Waals surface area contributed by atoms with Crippen LogP contribution >= 0.6 is 0 Å². The van der Waals surface area contributed by atoms with Gasteiger partial charge in [0.25, 0.3) is 10.0 Å². The zero-order valence-corrected chi connectivity index (χ0v) is 22.4. The van der Waals surface area contributed by atoms with Crippen LogP contribution in [-0.2, 0) is 10.0 Å². The number of rotatable bonds is 8. The number of ketones is 1. The molecule has 0 saturated heterocycles. The number of aromatic amines is 1. The third kappa shape index (κ3) is 5.50. The van der Waals surface area contributed by atoms with E-state index < -0.39 is 49.4 Å². The van der Waals surface area contributed by atoms with Crippen LogP contribution in [0.15, 0.2) is 96.7 Å². The second-order valence-corrected chi connectivity index (χ2v) is 10.7. The number of carbonyl (C=O) groups excluding carboxylic acids is 1. The molecule has 4 heterocycles. The first-order valence-corrected chi connectivity index (χ1v) is 13.9. The molecule has 0 aliphatic rings. The smallest absolute Gasteiger partial charge is 0.321 e. The number of fused-ring (bicyclic) bond motifs is 1. The molecular formula is C29H17F3N6O4S. The van der Waals surface area contributed by atoms with Gasteiger partial charge in [0.2, 0.25) is 5.78 Å². The predicted octanol–water partition coefficient (Wildman–Crippen LogP) is 5.66. The lowest BCUT2D eigenvalue weighted by molar-refractivity contribution is 0.103. The van der Waals surface area contributed by atoms with E-state index in [1.807, 2.05) is 4.72 Å². The van der Waals surface area contributed by atoms with Crippen LogP contribution < -0.4 is 9.46 Å². The Balaban J connectivity index is 1.31. The molecule has 43 heavy (non-hydrogen) atoms. The van der Waals surface area contributed by atoms with Gasteiger partial charge in [-0.05, 0) is 48.5 Å². The fraction of sp³-hybridized carbons (Fsp3) is 0. The largest absolute Gasteiger partial charge is 0.423 e. The van der Waals surface area contributed by atoms with Crippen LogP contribution in [0.5, 0.6) is 11.8 Å². The van der Waals surface area contributed by atoms with E-state index in [-0.39, 0.29) is 22.6 Å². The Labute approximate surface area is 241 Å². The summed E-state index contributed by atoms with van der Waals surface area (Å²) in [5.74, 6) is -4.11. The average Bonchev–Trinajstić information content (AvgIpc) is 3.43. The van der Waals surface area contributed by atoms with E-state index in [0.29, 0.717) is 16.9 Å². The van der Waals surface area contributed by atoms with Gasteiger partial charge in [0.05, 0.1) is 22.3 Å². The van der Waals surface area contributed by atoms with Crippen LogP contribution in [0.3, 0.4) is 0 Å². The van der Waals surface area contributed by atoms with E-state index in [1.54, 1.807) is 24.4 Å². The van der Waals surface area contributed by atoms with Crippen LogP contribution in [0.2, 0.25) is 0 Å². The Bertz CT molecular complexity index is 2110. The van der Waals surface area contributed by atoms with E-state index >= 15 is 4.39 Å². The summed E-state index contributed by atoms with van der Waals surface area (Å²) in [5, 5.41) is 0.239. The average molecular weight is 603 g/mol. The molecule has 0 amide bonds. The molecule has 14 heteroatoms. The van der Waals surface area contributed by atoms with Crippen molar-refractivity contribution in [1.82, 2.24) is 24.9 Å². The Hall–Kier alpha value is -5.63. The van der Waals surface area contributed by atoms with Gasteiger partial charge >= 0.3 is 6.01 Å². The summed E-state index contributed by atoms with van der Waals surface area (Å²) >= 11 is 0. The quantitative estimate of drug-likeness (QED) is 0.213. The highest BCUT2D eigenvalue weighted by molar-refractivity contribution is 7.92. The van der Waals surface area contributed by atoms with Crippen LogP contribution in [0.4, 0.5) is 18.9 Å². The van der Waals surface area contributed by atoms with Gasteiger partial charge in [0.1, 0.15) is 23.0 Å². The second-order valence-electron chi connectivity index (χ2n) is 9.04. The number of halogens is 3. The molecule has 0 bridgehead atoms. The number of hydrogen-bond acceptors (Lipinski definition) is 8. The predicted molar refractivity (Wildman–Crippen MR) is 148 cm³/mol. The molecule has 2 aromatic carbocycles. The number of anilines is 1. The number of pyridine rings is 2. The number of ether oxygens (including phenoxy) is 1. The van der Waals surface area contributed by atoms with Gasteiger partial charge < -0.3 is 9.72 Å². The molecule has 10 nitrogen and oxygen atoms in total. The first-order chi connectivity index (χ1) is 20.7. The van der Waals surface area contributed by atoms with Crippen LogP contribution in [0, 0.1) is 17.5 Å². The van der Waals surface area contributed by atoms with Crippen molar-refractivity contribution < 1.29 is 31.1 Å². The van der Waals surface area contributed by atoms with Crippen molar-refractivity contribution in [2.45, 2.75) is 4.90 Å². The minimum atomic E-state index is -4.46. The lowest BCUT2D eigenvalue weighted by Crippen LogP contribution is -2.16. The van der Waals surface area contributed by atoms with Crippen molar-refractivity contribution in [3.63, 3.8) is 0 Å². The van der Waals surface area contributed by atoms with Crippen molar-refractivity contribution in [2.75, 3.05) is 4.72 Å². The minimum absolute atomic E-state index is 0.0714. The summed E-state index contributed by atoms with van der Waals surface area (Å²) < 4.78 is 76.9. The SMILES string of the molecule is O=C(c1c(F)ccc(NS(=O)(=O)c2cccc(F)c2)c1F)c1c[nH]c2ncc(-c3cnc(Oc4cccnc4)nc3)cc12. The van der Waals surface area contributed by atoms with Crippen molar-refractivity contribution in [1.29, 1.82) is 0 Å². The fourth-order valence-electron chi connectivity index (χ4n) is 4.19. The zero-order valence-electron chi connectivity index (χ0n) is 21.6. The number of aromatic nitrogens is 5. The van der Waals surface area contributed by atoms with Crippen molar-refractivity contribution in [2.24, 2.45) is 0 Å². The van der Waals surface area contributed by atoms with Crippen molar-refractivity contribution >= 4 is 32.5 Å². The molecule has 0 atom stereocenters. The maximum atomic E-state index is 15.5. The highest BCUT2D eigenvalue weighted by Crippen LogP contribution is 2.30. The first-order valence-electron chi connectivity index (χ1n) is 12.4. The summed E-state index contributed by atoms with van der Waals surface area (Å²) in [5.41, 5.74) is -0.548. The Morgan fingerprint density at radius 2 is 1.67 bits per heavy atom. The van der Waals surface area contributed by atoms with Crippen molar-refractivity contribution in [3.05, 3.63) is 120 Å². The van der Waals surface area contributed by atoms with E-state index in [9.17, 15) is 22.0 Å². The standard InChI is InChI=1S/C29H17F3N6O4S/c30-18-3-1-5-20(10-18)43(40,41)38-24-7-6-23(31)25(26(24)32)27(39)22-15-35-28-21(22)9-16(11-34-28)17-12-36-29(37-13-17)42-19-4-2-8-33-14-19/h1-15,38H,(H,34,35). The molecule has 0 saturated carbocycles. The normalized spacial score (nSPS) is 11.4. The maximum Gasteiger partial charge on any atom is 0.321 e. The van der Waals surface area contributed by atoms with Gasteiger partial charge in [-0.2, -0.15) is 0 Å². The number of sulfonamides is 1. The topological polar surface area (TPSA) is 140 Å². The van der Waals surface area contributed by atoms with Gasteiger partial charge in [0.15, 0.2) is 5.82 Å². The van der Waals surface area contributed by atoms with Crippen LogP contribution in [-0.4, -0.2) is 39.1 Å². The van der Waals surface area contributed by atoms with Gasteiger partial charge in [-0.3, -0.25) is 14.5 Å². The highest BCUT2D eigenvalue weighted by atomic mass is 32.2. The highest BCUT2D eigenvalue weighted by Gasteiger charge is 2.26. The summed E-state index contributed by atoms with van der Waals surface area (Å²) in [4.78, 5) is 32.3. The fourth-order valence-corrected chi connectivity index (χ4v) is 5.28. The molecule has 0 radical (unpaired) electrons. The number of hydrogen-bond donors (Lipinski definition) is 2. The molecule has 0 aliphatic carbocycles. The number of benzene rings is 2. The van der Waals surface area contributed by atoms with Crippen LogP contribution in [0.25, 0.3) is 22.2 Å². The van der Waals surface area contributed by atoms with Gasteiger partial charge in [-0.15, -0.1) is 0 Å². The third-order valence-electron chi connectivity index (χ3n) is 6.25. The van der Waals surface area contributed by atoms with E-state index in [2.05, 4.69) is 24.9 Å². The van der Waals surface area contributed by atoms with Gasteiger partial charge in [-0.1, -0.05) is 6.07 Å².